The molecule has 0 spiro atoms. The van der Waals surface area contributed by atoms with Crippen molar-refractivity contribution in [3.8, 4) is 11.5 Å². The van der Waals surface area contributed by atoms with Crippen LogP contribution in [-0.2, 0) is 27.3 Å². The van der Waals surface area contributed by atoms with E-state index in [1.165, 1.54) is 5.56 Å². The van der Waals surface area contributed by atoms with E-state index in [4.69, 9.17) is 18.9 Å². The van der Waals surface area contributed by atoms with E-state index in [-0.39, 0.29) is 36.0 Å². The Labute approximate surface area is 281 Å². The fourth-order valence-corrected chi connectivity index (χ4v) is 5.78. The maximum atomic E-state index is 13.4. The highest BCUT2D eigenvalue weighted by Gasteiger charge is 2.42. The number of benzene rings is 3. The third-order valence-corrected chi connectivity index (χ3v) is 8.60. The van der Waals surface area contributed by atoms with E-state index in [9.17, 15) is 4.79 Å². The number of nitrogens with zero attached hydrogens (tertiary/aromatic N) is 1. The average Bonchev–Trinajstić information content (AvgIpc) is 3.05. The number of hydrogen-bond donors (Lipinski definition) is 0. The molecule has 0 aliphatic carbocycles. The predicted molar refractivity (Wildman–Crippen MR) is 171 cm³/mol. The first-order valence-electron chi connectivity index (χ1n) is 16.0. The summed E-state index contributed by atoms with van der Waals surface area (Å²) in [6, 6.07) is 28.5. The van der Waals surface area contributed by atoms with Gasteiger partial charge in [0, 0.05) is 19.3 Å². The van der Waals surface area contributed by atoms with Crippen LogP contribution < -0.4 is 33.5 Å². The number of rotatable bonds is 18. The summed E-state index contributed by atoms with van der Waals surface area (Å²) in [5.41, 5.74) is 2.33. The van der Waals surface area contributed by atoms with E-state index in [0.717, 1.165) is 81.6 Å². The molecular weight excluding hydrogens is 665 g/mol. The lowest BCUT2D eigenvalue weighted by Gasteiger charge is -2.44. The van der Waals surface area contributed by atoms with E-state index in [0.29, 0.717) is 36.8 Å². The van der Waals surface area contributed by atoms with Crippen LogP contribution in [0.4, 0.5) is 0 Å². The molecule has 1 heterocycles. The van der Waals surface area contributed by atoms with Gasteiger partial charge in [-0.2, -0.15) is 0 Å². The molecule has 0 amide bonds. The fraction of sp³-hybridized carbons (Fsp3) is 0.486. The molecule has 1 saturated heterocycles. The number of likely N-dealkylation sites (N-methyl/N-ethyl adjacent to an activating group) is 1. The van der Waals surface area contributed by atoms with Gasteiger partial charge in [-0.1, -0.05) is 86.3 Å². The second kappa shape index (κ2) is 19.7. The Morgan fingerprint density at radius 1 is 0.727 bits per heavy atom. The van der Waals surface area contributed by atoms with Gasteiger partial charge in [0.25, 0.3) is 0 Å². The molecular formula is C37H50INO5. The molecule has 0 aromatic heterocycles. The van der Waals surface area contributed by atoms with Gasteiger partial charge in [0.1, 0.15) is 18.1 Å². The van der Waals surface area contributed by atoms with Gasteiger partial charge < -0.3 is 47.4 Å². The van der Waals surface area contributed by atoms with Crippen LogP contribution in [0, 0.1) is 0 Å². The molecule has 3 aromatic carbocycles. The Kier molecular flexibility index (Phi) is 16.1. The lowest BCUT2D eigenvalue weighted by molar-refractivity contribution is -0.932. The predicted octanol–water partition coefficient (Wildman–Crippen LogP) is 4.40. The summed E-state index contributed by atoms with van der Waals surface area (Å²) in [5, 5.41) is 0. The van der Waals surface area contributed by atoms with Gasteiger partial charge in [-0.05, 0) is 48.2 Å². The van der Waals surface area contributed by atoms with Crippen molar-refractivity contribution in [3.05, 3.63) is 96.1 Å². The van der Waals surface area contributed by atoms with Crippen LogP contribution in [0.25, 0.3) is 0 Å². The molecule has 1 aliphatic rings. The van der Waals surface area contributed by atoms with Crippen LogP contribution in [0.2, 0.25) is 0 Å². The maximum Gasteiger partial charge on any atom is 0.365 e. The third kappa shape index (κ3) is 12.1. The van der Waals surface area contributed by atoms with Crippen LogP contribution in [0.1, 0.15) is 62.5 Å². The zero-order valence-electron chi connectivity index (χ0n) is 26.5. The summed E-state index contributed by atoms with van der Waals surface area (Å²) in [5.74, 6) is 1.64. The first kappa shape index (κ1) is 35.9. The normalized spacial score (nSPS) is 14.3. The molecule has 3 aromatic rings. The Hall–Kier alpha value is -2.62. The molecule has 0 saturated carbocycles. The highest BCUT2D eigenvalue weighted by Crippen LogP contribution is 2.26. The molecule has 240 valence electrons. The van der Waals surface area contributed by atoms with Crippen LogP contribution in [-0.4, -0.2) is 63.1 Å². The molecule has 7 heteroatoms. The van der Waals surface area contributed by atoms with E-state index >= 15 is 0 Å². The summed E-state index contributed by atoms with van der Waals surface area (Å²) in [7, 11) is 4.37. The summed E-state index contributed by atoms with van der Waals surface area (Å²) >= 11 is 0. The third-order valence-electron chi connectivity index (χ3n) is 8.60. The van der Waals surface area contributed by atoms with Gasteiger partial charge in [-0.3, -0.25) is 0 Å². The van der Waals surface area contributed by atoms with E-state index in [1.807, 2.05) is 60.7 Å². The summed E-state index contributed by atoms with van der Waals surface area (Å²) < 4.78 is 23.9. The molecule has 0 N–H and O–H groups in total. The standard InChI is InChI=1S/C37H50NO5.HI/c1-38(2,33-23-27-40-28-24-33)36(29-31-15-9-7-10-16-31)37(39)42-26-14-6-4-3-5-13-25-41-34-19-21-35(22-20-34)43-30-32-17-11-8-12-18-32;/h7-12,15-22,33,36H,3-6,13-14,23-30H2,1-2H3;1H/q+1;/p-1. The maximum absolute atomic E-state index is 13.4. The molecule has 0 radical (unpaired) electrons. The number of unbranched alkanes of at least 4 members (excludes halogenated alkanes) is 5. The van der Waals surface area contributed by atoms with Crippen molar-refractivity contribution < 1.29 is 52.2 Å². The minimum Gasteiger partial charge on any atom is -1.00 e. The first-order valence-corrected chi connectivity index (χ1v) is 16.0. The smallest absolute Gasteiger partial charge is 0.365 e. The Morgan fingerprint density at radius 3 is 1.86 bits per heavy atom. The molecule has 1 fully saturated rings. The zero-order chi connectivity index (χ0) is 30.2. The molecule has 0 bridgehead atoms. The van der Waals surface area contributed by atoms with Crippen molar-refractivity contribution in [3.63, 3.8) is 0 Å². The Bertz CT molecular complexity index is 1180. The molecule has 4 rings (SSSR count). The number of quaternary nitrogens is 1. The summed E-state index contributed by atoms with van der Waals surface area (Å²) in [4.78, 5) is 13.4. The largest absolute Gasteiger partial charge is 1.00 e. The van der Waals surface area contributed by atoms with E-state index in [1.54, 1.807) is 0 Å². The van der Waals surface area contributed by atoms with Gasteiger partial charge in [-0.25, -0.2) is 4.79 Å². The zero-order valence-corrected chi connectivity index (χ0v) is 28.7. The van der Waals surface area contributed by atoms with Crippen molar-refractivity contribution in [2.45, 2.75) is 76.5 Å². The van der Waals surface area contributed by atoms with Gasteiger partial charge in [0.2, 0.25) is 0 Å². The Morgan fingerprint density at radius 2 is 1.25 bits per heavy atom. The molecule has 6 nitrogen and oxygen atoms in total. The quantitative estimate of drug-likeness (QED) is 0.0847. The van der Waals surface area contributed by atoms with Gasteiger partial charge in [0.15, 0.2) is 6.04 Å². The highest BCUT2D eigenvalue weighted by atomic mass is 127. The second-order valence-corrected chi connectivity index (χ2v) is 12.1. The minimum absolute atomic E-state index is 0. The fourth-order valence-electron chi connectivity index (χ4n) is 5.78. The number of carbonyl (C=O) groups excluding carboxylic acids is 1. The van der Waals surface area contributed by atoms with Crippen LogP contribution >= 0.6 is 0 Å². The number of hydrogen-bond acceptors (Lipinski definition) is 5. The van der Waals surface area contributed by atoms with Crippen molar-refractivity contribution in [2.75, 3.05) is 40.5 Å². The molecule has 1 atom stereocenters. The average molecular weight is 716 g/mol. The monoisotopic (exact) mass is 715 g/mol. The van der Waals surface area contributed by atoms with Crippen LogP contribution in [0.15, 0.2) is 84.9 Å². The first-order chi connectivity index (χ1) is 21.0. The molecule has 1 aliphatic heterocycles. The van der Waals surface area contributed by atoms with Crippen LogP contribution in [0.5, 0.6) is 11.5 Å². The van der Waals surface area contributed by atoms with E-state index in [2.05, 4.69) is 38.4 Å². The van der Waals surface area contributed by atoms with Crippen molar-refractivity contribution >= 4 is 5.97 Å². The minimum atomic E-state index is -0.219. The van der Waals surface area contributed by atoms with Crippen LogP contribution in [0.3, 0.4) is 0 Å². The molecule has 1 unspecified atom stereocenters. The van der Waals surface area contributed by atoms with Crippen molar-refractivity contribution in [1.82, 2.24) is 0 Å². The topological polar surface area (TPSA) is 54.0 Å². The number of esters is 1. The van der Waals surface area contributed by atoms with Gasteiger partial charge in [0.05, 0.1) is 46.6 Å². The highest BCUT2D eigenvalue weighted by molar-refractivity contribution is 5.75. The van der Waals surface area contributed by atoms with Gasteiger partial charge in [-0.15, -0.1) is 0 Å². The summed E-state index contributed by atoms with van der Waals surface area (Å²) in [6.07, 6.45) is 9.09. The van der Waals surface area contributed by atoms with Crippen molar-refractivity contribution in [2.24, 2.45) is 0 Å². The lowest BCUT2D eigenvalue weighted by Crippen LogP contribution is -3.00. The summed E-state index contributed by atoms with van der Waals surface area (Å²) in [6.45, 7) is 3.30. The van der Waals surface area contributed by atoms with E-state index < -0.39 is 0 Å². The Balaban J connectivity index is 0.00000529. The van der Waals surface area contributed by atoms with Gasteiger partial charge >= 0.3 is 5.97 Å². The second-order valence-electron chi connectivity index (χ2n) is 12.1. The molecule has 44 heavy (non-hydrogen) atoms. The number of halogens is 1. The number of ether oxygens (including phenoxy) is 4. The number of carbonyl (C=O) groups is 1. The lowest BCUT2D eigenvalue weighted by atomic mass is 9.97. The van der Waals surface area contributed by atoms with Crippen molar-refractivity contribution in [1.29, 1.82) is 0 Å². The SMILES string of the molecule is C[N+](C)(C1CCOCC1)C(Cc1ccccc1)C(=O)OCCCCCCCCOc1ccc(OCc2ccccc2)cc1.[I-].